The predicted octanol–water partition coefficient (Wildman–Crippen LogP) is 3.15. The zero-order chi connectivity index (χ0) is 12.3. The second-order valence-electron chi connectivity index (χ2n) is 4.07. The average molecular weight is 338 g/mol. The van der Waals surface area contributed by atoms with Crippen LogP contribution in [0.3, 0.4) is 0 Å². The number of halogens is 1. The van der Waals surface area contributed by atoms with E-state index in [-0.39, 0.29) is 6.04 Å². The Hall–Kier alpha value is -0.910. The van der Waals surface area contributed by atoms with Crippen LogP contribution in [0.4, 0.5) is 0 Å². The number of benzene rings is 2. The molecule has 0 radical (unpaired) electrons. The van der Waals surface area contributed by atoms with Crippen LogP contribution < -0.4 is 11.3 Å². The third-order valence-corrected chi connectivity index (χ3v) is 3.46. The van der Waals surface area contributed by atoms with Crippen molar-refractivity contribution in [1.29, 1.82) is 0 Å². The van der Waals surface area contributed by atoms with Crippen LogP contribution >= 0.6 is 22.6 Å². The van der Waals surface area contributed by atoms with E-state index >= 15 is 0 Å². The van der Waals surface area contributed by atoms with Crippen LogP contribution in [0, 0.1) is 10.5 Å². The van der Waals surface area contributed by atoms with E-state index in [1.165, 1.54) is 20.3 Å². The van der Waals surface area contributed by atoms with Crippen molar-refractivity contribution in [3.8, 4) is 0 Å². The third-order valence-electron chi connectivity index (χ3n) is 2.75. The molecule has 2 aromatic rings. The van der Waals surface area contributed by atoms with E-state index in [1.807, 2.05) is 0 Å². The molecule has 2 aromatic carbocycles. The summed E-state index contributed by atoms with van der Waals surface area (Å²) in [5, 5.41) is 0. The lowest BCUT2D eigenvalue weighted by molar-refractivity contribution is 0.636. The average Bonchev–Trinajstić information content (AvgIpc) is 2.33. The Bertz CT molecular complexity index is 494. The van der Waals surface area contributed by atoms with Crippen LogP contribution in [0.15, 0.2) is 48.5 Å². The number of hydrogen-bond acceptors (Lipinski definition) is 2. The van der Waals surface area contributed by atoms with Gasteiger partial charge in [0.25, 0.3) is 0 Å². The van der Waals surface area contributed by atoms with Gasteiger partial charge in [0.05, 0.1) is 6.04 Å². The van der Waals surface area contributed by atoms with Gasteiger partial charge in [-0.05, 0) is 52.8 Å². The quantitative estimate of drug-likeness (QED) is 0.513. The van der Waals surface area contributed by atoms with Gasteiger partial charge < -0.3 is 0 Å². The minimum Gasteiger partial charge on any atom is -0.271 e. The van der Waals surface area contributed by atoms with Crippen molar-refractivity contribution in [2.24, 2.45) is 5.84 Å². The van der Waals surface area contributed by atoms with Gasteiger partial charge in [-0.3, -0.25) is 5.84 Å². The van der Waals surface area contributed by atoms with Gasteiger partial charge in [0.2, 0.25) is 0 Å². The number of rotatable bonds is 3. The highest BCUT2D eigenvalue weighted by molar-refractivity contribution is 14.1. The van der Waals surface area contributed by atoms with Gasteiger partial charge in [-0.2, -0.15) is 0 Å². The summed E-state index contributed by atoms with van der Waals surface area (Å²) in [6.07, 6.45) is 0. The molecule has 2 rings (SSSR count). The summed E-state index contributed by atoms with van der Waals surface area (Å²) in [6.45, 7) is 2.09. The van der Waals surface area contributed by atoms with Crippen molar-refractivity contribution in [2.75, 3.05) is 0 Å². The van der Waals surface area contributed by atoms with Gasteiger partial charge in [-0.25, -0.2) is 5.43 Å². The first kappa shape index (κ1) is 12.5. The molecule has 0 saturated carbocycles. The molecule has 0 aliphatic carbocycles. The maximum absolute atomic E-state index is 5.67. The topological polar surface area (TPSA) is 38.0 Å². The summed E-state index contributed by atoms with van der Waals surface area (Å²) < 4.78 is 1.23. The highest BCUT2D eigenvalue weighted by atomic mass is 127. The smallest absolute Gasteiger partial charge is 0.0710 e. The second kappa shape index (κ2) is 5.62. The van der Waals surface area contributed by atoms with E-state index in [0.717, 1.165) is 0 Å². The van der Waals surface area contributed by atoms with E-state index in [1.54, 1.807) is 0 Å². The Morgan fingerprint density at radius 3 is 2.35 bits per heavy atom. The van der Waals surface area contributed by atoms with Crippen molar-refractivity contribution < 1.29 is 0 Å². The van der Waals surface area contributed by atoms with Crippen LogP contribution in [0.2, 0.25) is 0 Å². The van der Waals surface area contributed by atoms with E-state index < -0.39 is 0 Å². The number of hydrogen-bond donors (Lipinski definition) is 2. The van der Waals surface area contributed by atoms with Gasteiger partial charge in [0.1, 0.15) is 0 Å². The number of aryl methyl sites for hydroxylation is 1. The number of nitrogens with one attached hydrogen (secondary N) is 1. The molecule has 1 unspecified atom stereocenters. The van der Waals surface area contributed by atoms with Crippen molar-refractivity contribution >= 4 is 22.6 Å². The summed E-state index contributed by atoms with van der Waals surface area (Å²) in [5.74, 6) is 5.67. The Kier molecular flexibility index (Phi) is 4.15. The first-order valence-corrected chi connectivity index (χ1v) is 6.57. The number of nitrogens with two attached hydrogens (primary N) is 1. The minimum absolute atomic E-state index is 0.0481. The van der Waals surface area contributed by atoms with Crippen LogP contribution in [-0.4, -0.2) is 0 Å². The van der Waals surface area contributed by atoms with E-state index in [9.17, 15) is 0 Å². The molecule has 3 heteroatoms. The standard InChI is InChI=1S/C14H15IN2/c1-10-3-2-4-12(9-10)14(17-16)11-5-7-13(15)8-6-11/h2-9,14,17H,16H2,1H3. The molecule has 17 heavy (non-hydrogen) atoms. The lowest BCUT2D eigenvalue weighted by Gasteiger charge is -2.17. The molecule has 3 N–H and O–H groups in total. The van der Waals surface area contributed by atoms with Crippen molar-refractivity contribution in [1.82, 2.24) is 5.43 Å². The predicted molar refractivity (Wildman–Crippen MR) is 79.5 cm³/mol. The van der Waals surface area contributed by atoms with Crippen LogP contribution in [0.25, 0.3) is 0 Å². The zero-order valence-corrected chi connectivity index (χ0v) is 11.8. The molecule has 0 bridgehead atoms. The summed E-state index contributed by atoms with van der Waals surface area (Å²) in [6, 6.07) is 16.8. The van der Waals surface area contributed by atoms with Crippen molar-refractivity contribution in [2.45, 2.75) is 13.0 Å². The Balaban J connectivity index is 2.36. The maximum Gasteiger partial charge on any atom is 0.0710 e. The lowest BCUT2D eigenvalue weighted by Crippen LogP contribution is -2.28. The fourth-order valence-electron chi connectivity index (χ4n) is 1.89. The molecule has 0 saturated heterocycles. The molecule has 0 fully saturated rings. The first-order valence-electron chi connectivity index (χ1n) is 5.49. The molecule has 2 nitrogen and oxygen atoms in total. The van der Waals surface area contributed by atoms with Crippen LogP contribution in [-0.2, 0) is 0 Å². The second-order valence-corrected chi connectivity index (χ2v) is 5.31. The molecule has 1 atom stereocenters. The molecule has 0 aliphatic rings. The molecule has 0 aromatic heterocycles. The maximum atomic E-state index is 5.67. The summed E-state index contributed by atoms with van der Waals surface area (Å²) in [7, 11) is 0. The van der Waals surface area contributed by atoms with Crippen LogP contribution in [0.1, 0.15) is 22.7 Å². The largest absolute Gasteiger partial charge is 0.271 e. The molecular weight excluding hydrogens is 323 g/mol. The van der Waals surface area contributed by atoms with Gasteiger partial charge in [-0.15, -0.1) is 0 Å². The third kappa shape index (κ3) is 3.06. The van der Waals surface area contributed by atoms with Gasteiger partial charge in [0, 0.05) is 3.57 Å². The van der Waals surface area contributed by atoms with E-state index in [0.29, 0.717) is 0 Å². The van der Waals surface area contributed by atoms with Crippen molar-refractivity contribution in [3.05, 3.63) is 68.8 Å². The molecule has 0 aliphatic heterocycles. The van der Waals surface area contributed by atoms with E-state index in [4.69, 9.17) is 5.84 Å². The Labute approximate surface area is 115 Å². The minimum atomic E-state index is 0.0481. The van der Waals surface area contributed by atoms with Gasteiger partial charge in [0.15, 0.2) is 0 Å². The molecular formula is C14H15IN2. The van der Waals surface area contributed by atoms with E-state index in [2.05, 4.69) is 83.5 Å². The highest BCUT2D eigenvalue weighted by Crippen LogP contribution is 2.22. The monoisotopic (exact) mass is 338 g/mol. The molecule has 0 amide bonds. The normalized spacial score (nSPS) is 12.4. The SMILES string of the molecule is Cc1cccc(C(NN)c2ccc(I)cc2)c1. The fourth-order valence-corrected chi connectivity index (χ4v) is 2.25. The summed E-state index contributed by atoms with van der Waals surface area (Å²) in [4.78, 5) is 0. The Morgan fingerprint density at radius 1 is 1.06 bits per heavy atom. The zero-order valence-electron chi connectivity index (χ0n) is 9.65. The molecule has 88 valence electrons. The lowest BCUT2D eigenvalue weighted by atomic mass is 9.98. The number of hydrazine groups is 1. The van der Waals surface area contributed by atoms with Crippen LogP contribution in [0.5, 0.6) is 0 Å². The molecule has 0 heterocycles. The highest BCUT2D eigenvalue weighted by Gasteiger charge is 2.11. The Morgan fingerprint density at radius 2 is 1.76 bits per heavy atom. The van der Waals surface area contributed by atoms with Gasteiger partial charge in [-0.1, -0.05) is 42.0 Å². The fraction of sp³-hybridized carbons (Fsp3) is 0.143. The van der Waals surface area contributed by atoms with Crippen molar-refractivity contribution in [3.63, 3.8) is 0 Å². The summed E-state index contributed by atoms with van der Waals surface area (Å²) >= 11 is 2.30. The first-order chi connectivity index (χ1) is 8.20. The summed E-state index contributed by atoms with van der Waals surface area (Å²) in [5.41, 5.74) is 6.49. The van der Waals surface area contributed by atoms with Gasteiger partial charge >= 0.3 is 0 Å². The molecule has 0 spiro atoms.